The highest BCUT2D eigenvalue weighted by Gasteiger charge is 2.14. The molecule has 18 heavy (non-hydrogen) atoms. The highest BCUT2D eigenvalue weighted by atomic mass is 32.2. The lowest BCUT2D eigenvalue weighted by Crippen LogP contribution is -2.22. The van der Waals surface area contributed by atoms with Crippen molar-refractivity contribution in [2.45, 2.75) is 20.3 Å². The molecule has 0 aromatic carbocycles. The lowest BCUT2D eigenvalue weighted by Gasteiger charge is -2.20. The maximum absolute atomic E-state index is 4.52. The van der Waals surface area contributed by atoms with E-state index in [0.29, 0.717) is 0 Å². The molecule has 1 unspecified atom stereocenters. The van der Waals surface area contributed by atoms with Gasteiger partial charge in [-0.2, -0.15) is 11.8 Å². The van der Waals surface area contributed by atoms with Crippen LogP contribution in [0.5, 0.6) is 0 Å². The highest BCUT2D eigenvalue weighted by Crippen LogP contribution is 2.23. The zero-order chi connectivity index (χ0) is 12.8. The van der Waals surface area contributed by atoms with Gasteiger partial charge in [0, 0.05) is 19.6 Å². The van der Waals surface area contributed by atoms with Crippen LogP contribution < -0.4 is 10.2 Å². The fourth-order valence-corrected chi connectivity index (χ4v) is 3.52. The van der Waals surface area contributed by atoms with Crippen LogP contribution in [-0.4, -0.2) is 36.1 Å². The Labute approximate surface area is 114 Å². The van der Waals surface area contributed by atoms with Crippen molar-refractivity contribution in [1.82, 2.24) is 4.98 Å². The standard InChI is InChI=1S/C14H23N3S/c1-3-17(4-2)14-6-5-13(10-16-14)15-9-12-7-8-18-11-12/h5-6,10,12,15H,3-4,7-9,11H2,1-2H3. The van der Waals surface area contributed by atoms with Gasteiger partial charge in [-0.05, 0) is 49.8 Å². The van der Waals surface area contributed by atoms with E-state index < -0.39 is 0 Å². The fraction of sp³-hybridized carbons (Fsp3) is 0.643. The molecule has 0 saturated carbocycles. The van der Waals surface area contributed by atoms with E-state index in [1.807, 2.05) is 6.20 Å². The van der Waals surface area contributed by atoms with Gasteiger partial charge < -0.3 is 10.2 Å². The molecule has 1 aromatic heterocycles. The summed E-state index contributed by atoms with van der Waals surface area (Å²) in [6, 6.07) is 4.25. The van der Waals surface area contributed by atoms with Crippen molar-refractivity contribution < 1.29 is 0 Å². The van der Waals surface area contributed by atoms with Crippen LogP contribution in [0.3, 0.4) is 0 Å². The SMILES string of the molecule is CCN(CC)c1ccc(NCC2CCSC2)cn1. The zero-order valence-electron chi connectivity index (χ0n) is 11.4. The summed E-state index contributed by atoms with van der Waals surface area (Å²) in [5.74, 6) is 4.53. The first kappa shape index (κ1) is 13.5. The Bertz CT molecular complexity index is 343. The second-order valence-electron chi connectivity index (χ2n) is 4.69. The summed E-state index contributed by atoms with van der Waals surface area (Å²) >= 11 is 2.07. The molecule has 1 saturated heterocycles. The average molecular weight is 265 g/mol. The third-order valence-corrected chi connectivity index (χ3v) is 4.69. The van der Waals surface area contributed by atoms with Crippen molar-refractivity contribution in [1.29, 1.82) is 0 Å². The number of hydrogen-bond acceptors (Lipinski definition) is 4. The monoisotopic (exact) mass is 265 g/mol. The Kier molecular flexibility index (Phi) is 5.17. The molecule has 1 aromatic rings. The maximum Gasteiger partial charge on any atom is 0.128 e. The van der Waals surface area contributed by atoms with Gasteiger partial charge in [0.1, 0.15) is 5.82 Å². The van der Waals surface area contributed by atoms with E-state index in [2.05, 4.69) is 52.9 Å². The Morgan fingerprint density at radius 3 is 2.78 bits per heavy atom. The first-order valence-corrected chi connectivity index (χ1v) is 8.01. The van der Waals surface area contributed by atoms with Crippen LogP contribution in [0.1, 0.15) is 20.3 Å². The minimum absolute atomic E-state index is 0.831. The van der Waals surface area contributed by atoms with E-state index in [1.165, 1.54) is 17.9 Å². The van der Waals surface area contributed by atoms with Crippen LogP contribution in [0.15, 0.2) is 18.3 Å². The van der Waals surface area contributed by atoms with Gasteiger partial charge >= 0.3 is 0 Å². The maximum atomic E-state index is 4.52. The van der Waals surface area contributed by atoms with Crippen molar-refractivity contribution in [2.24, 2.45) is 5.92 Å². The summed E-state index contributed by atoms with van der Waals surface area (Å²) in [6.45, 7) is 7.43. The average Bonchev–Trinajstić information content (AvgIpc) is 2.92. The highest BCUT2D eigenvalue weighted by molar-refractivity contribution is 7.99. The van der Waals surface area contributed by atoms with E-state index >= 15 is 0 Å². The summed E-state index contributed by atoms with van der Waals surface area (Å²) in [4.78, 5) is 6.79. The van der Waals surface area contributed by atoms with Crippen LogP contribution in [0, 0.1) is 5.92 Å². The first-order chi connectivity index (χ1) is 8.83. The van der Waals surface area contributed by atoms with Crippen LogP contribution in [0.25, 0.3) is 0 Å². The van der Waals surface area contributed by atoms with Gasteiger partial charge in [-0.3, -0.25) is 0 Å². The molecule has 3 nitrogen and oxygen atoms in total. The van der Waals surface area contributed by atoms with Crippen molar-refractivity contribution >= 4 is 23.3 Å². The predicted molar refractivity (Wildman–Crippen MR) is 81.7 cm³/mol. The first-order valence-electron chi connectivity index (χ1n) is 6.86. The number of hydrogen-bond donors (Lipinski definition) is 1. The van der Waals surface area contributed by atoms with Crippen LogP contribution >= 0.6 is 11.8 Å². The third kappa shape index (κ3) is 3.55. The smallest absolute Gasteiger partial charge is 0.128 e. The quantitative estimate of drug-likeness (QED) is 0.855. The van der Waals surface area contributed by atoms with Crippen LogP contribution in [-0.2, 0) is 0 Å². The molecule has 2 rings (SSSR count). The summed E-state index contributed by atoms with van der Waals surface area (Å²) in [7, 11) is 0. The summed E-state index contributed by atoms with van der Waals surface area (Å²) < 4.78 is 0. The molecule has 100 valence electrons. The molecule has 1 atom stereocenters. The van der Waals surface area contributed by atoms with Gasteiger partial charge in [0.15, 0.2) is 0 Å². The molecule has 0 spiro atoms. The van der Waals surface area contributed by atoms with Gasteiger partial charge in [-0.1, -0.05) is 0 Å². The predicted octanol–water partition coefficient (Wildman–Crippen LogP) is 3.09. The lowest BCUT2D eigenvalue weighted by atomic mass is 10.1. The second kappa shape index (κ2) is 6.88. The number of thioether (sulfide) groups is 1. The molecule has 4 heteroatoms. The summed E-state index contributed by atoms with van der Waals surface area (Å²) in [5, 5.41) is 3.49. The normalized spacial score (nSPS) is 18.9. The molecule has 0 radical (unpaired) electrons. The minimum atomic E-state index is 0.831. The fourth-order valence-electron chi connectivity index (χ4n) is 2.23. The summed E-state index contributed by atoms with van der Waals surface area (Å²) in [5.41, 5.74) is 1.14. The number of rotatable bonds is 6. The molecular formula is C14H23N3S. The number of nitrogens with one attached hydrogen (secondary N) is 1. The number of anilines is 2. The van der Waals surface area contributed by atoms with E-state index in [9.17, 15) is 0 Å². The molecule has 0 bridgehead atoms. The molecule has 1 aliphatic rings. The van der Waals surface area contributed by atoms with Crippen molar-refractivity contribution in [2.75, 3.05) is 41.4 Å². The number of nitrogens with zero attached hydrogens (tertiary/aromatic N) is 2. The van der Waals surface area contributed by atoms with E-state index in [-0.39, 0.29) is 0 Å². The van der Waals surface area contributed by atoms with Crippen molar-refractivity contribution in [3.05, 3.63) is 18.3 Å². The Balaban J connectivity index is 1.86. The molecule has 1 N–H and O–H groups in total. The number of pyridine rings is 1. The van der Waals surface area contributed by atoms with Crippen molar-refractivity contribution in [3.8, 4) is 0 Å². The molecule has 2 heterocycles. The largest absolute Gasteiger partial charge is 0.383 e. The van der Waals surface area contributed by atoms with Gasteiger partial charge in [0.05, 0.1) is 11.9 Å². The number of aromatic nitrogens is 1. The summed E-state index contributed by atoms with van der Waals surface area (Å²) in [6.07, 6.45) is 3.30. The molecule has 1 fully saturated rings. The second-order valence-corrected chi connectivity index (χ2v) is 5.84. The van der Waals surface area contributed by atoms with E-state index in [0.717, 1.165) is 37.1 Å². The van der Waals surface area contributed by atoms with Crippen LogP contribution in [0.4, 0.5) is 11.5 Å². The van der Waals surface area contributed by atoms with E-state index in [1.54, 1.807) is 0 Å². The zero-order valence-corrected chi connectivity index (χ0v) is 12.2. The van der Waals surface area contributed by atoms with Gasteiger partial charge in [-0.15, -0.1) is 0 Å². The van der Waals surface area contributed by atoms with Gasteiger partial charge in [0.2, 0.25) is 0 Å². The Morgan fingerprint density at radius 2 is 2.22 bits per heavy atom. The third-order valence-electron chi connectivity index (χ3n) is 3.45. The lowest BCUT2D eigenvalue weighted by molar-refractivity contribution is 0.631. The Morgan fingerprint density at radius 1 is 1.39 bits per heavy atom. The van der Waals surface area contributed by atoms with Gasteiger partial charge in [-0.25, -0.2) is 4.98 Å². The van der Waals surface area contributed by atoms with Gasteiger partial charge in [0.25, 0.3) is 0 Å². The minimum Gasteiger partial charge on any atom is -0.383 e. The molecule has 1 aliphatic heterocycles. The molecule has 0 amide bonds. The molecular weight excluding hydrogens is 242 g/mol. The topological polar surface area (TPSA) is 28.2 Å². The molecule has 0 aliphatic carbocycles. The van der Waals surface area contributed by atoms with Crippen LogP contribution in [0.2, 0.25) is 0 Å². The Hall–Kier alpha value is -0.900. The van der Waals surface area contributed by atoms with Crippen molar-refractivity contribution in [3.63, 3.8) is 0 Å². The van der Waals surface area contributed by atoms with E-state index in [4.69, 9.17) is 0 Å².